The average Bonchev–Trinajstić information content (AvgIpc) is 2.73. The van der Waals surface area contributed by atoms with E-state index in [1.54, 1.807) is 6.92 Å². The number of nitrogens with zero attached hydrogens (tertiary/aromatic N) is 1. The van der Waals surface area contributed by atoms with Crippen molar-refractivity contribution in [3.8, 4) is 5.75 Å². The van der Waals surface area contributed by atoms with Gasteiger partial charge in [0.2, 0.25) is 15.9 Å². The standard InChI is InChI=1S/C21H24ClFN2O4S/c1-2-29-20-10-9-15(30(27,28)25-11-4-3-5-12-25)13-19(20)24-21(26)14-16-17(22)7-6-8-18(16)23/h6-10,13H,2-5,11-12,14H2,1H3,(H,24,26). The number of carbonyl (C=O) groups is 1. The van der Waals surface area contributed by atoms with Crippen LogP contribution in [0.2, 0.25) is 5.02 Å². The van der Waals surface area contributed by atoms with Gasteiger partial charge in [0.15, 0.2) is 0 Å². The fourth-order valence-corrected chi connectivity index (χ4v) is 5.13. The van der Waals surface area contributed by atoms with Gasteiger partial charge in [0, 0.05) is 23.7 Å². The summed E-state index contributed by atoms with van der Waals surface area (Å²) in [5.41, 5.74) is 0.291. The minimum absolute atomic E-state index is 0.0757. The summed E-state index contributed by atoms with van der Waals surface area (Å²) in [7, 11) is -3.68. The van der Waals surface area contributed by atoms with Crippen LogP contribution >= 0.6 is 11.6 Å². The van der Waals surface area contributed by atoms with E-state index >= 15 is 0 Å². The molecule has 0 radical (unpaired) electrons. The minimum atomic E-state index is -3.68. The molecule has 30 heavy (non-hydrogen) atoms. The second-order valence-electron chi connectivity index (χ2n) is 6.98. The number of carbonyl (C=O) groups excluding carboxylic acids is 1. The summed E-state index contributed by atoms with van der Waals surface area (Å²) in [6.07, 6.45) is 2.36. The summed E-state index contributed by atoms with van der Waals surface area (Å²) in [4.78, 5) is 12.6. The zero-order valence-electron chi connectivity index (χ0n) is 16.7. The summed E-state index contributed by atoms with van der Waals surface area (Å²) in [6, 6.07) is 8.57. The molecule has 9 heteroatoms. The second kappa shape index (κ2) is 9.76. The molecule has 0 spiro atoms. The van der Waals surface area contributed by atoms with Crippen molar-refractivity contribution in [2.45, 2.75) is 37.5 Å². The Morgan fingerprint density at radius 3 is 2.60 bits per heavy atom. The van der Waals surface area contributed by atoms with Gasteiger partial charge in [0.05, 0.1) is 23.6 Å². The van der Waals surface area contributed by atoms with E-state index in [1.807, 2.05) is 0 Å². The molecular weight excluding hydrogens is 431 g/mol. The van der Waals surface area contributed by atoms with Gasteiger partial charge in [-0.1, -0.05) is 24.1 Å². The second-order valence-corrected chi connectivity index (χ2v) is 9.33. The molecule has 0 aliphatic carbocycles. The van der Waals surface area contributed by atoms with Crippen molar-refractivity contribution in [1.29, 1.82) is 0 Å². The third-order valence-electron chi connectivity index (χ3n) is 4.88. The van der Waals surface area contributed by atoms with E-state index in [4.69, 9.17) is 16.3 Å². The number of hydrogen-bond donors (Lipinski definition) is 1. The number of amides is 1. The lowest BCUT2D eigenvalue weighted by Crippen LogP contribution is -2.35. The minimum Gasteiger partial charge on any atom is -0.492 e. The molecule has 1 N–H and O–H groups in total. The van der Waals surface area contributed by atoms with E-state index in [2.05, 4.69) is 5.32 Å². The highest BCUT2D eigenvalue weighted by molar-refractivity contribution is 7.89. The van der Waals surface area contributed by atoms with E-state index in [0.29, 0.717) is 25.4 Å². The summed E-state index contributed by atoms with van der Waals surface area (Å²) in [5, 5.41) is 2.79. The number of hydrogen-bond acceptors (Lipinski definition) is 4. The number of anilines is 1. The lowest BCUT2D eigenvalue weighted by molar-refractivity contribution is -0.115. The van der Waals surface area contributed by atoms with Crippen molar-refractivity contribution in [2.75, 3.05) is 25.0 Å². The number of rotatable bonds is 7. The van der Waals surface area contributed by atoms with Crippen LogP contribution in [0.25, 0.3) is 0 Å². The predicted molar refractivity (Wildman–Crippen MR) is 114 cm³/mol. The Morgan fingerprint density at radius 1 is 1.20 bits per heavy atom. The van der Waals surface area contributed by atoms with Crippen molar-refractivity contribution in [1.82, 2.24) is 4.31 Å². The summed E-state index contributed by atoms with van der Waals surface area (Å²) < 4.78 is 46.9. The molecule has 0 bridgehead atoms. The first kappa shape index (κ1) is 22.5. The molecule has 1 aliphatic heterocycles. The molecule has 1 aliphatic rings. The smallest absolute Gasteiger partial charge is 0.243 e. The molecule has 1 saturated heterocycles. The fraction of sp³-hybridized carbons (Fsp3) is 0.381. The van der Waals surface area contributed by atoms with Crippen LogP contribution in [0.15, 0.2) is 41.3 Å². The van der Waals surface area contributed by atoms with Crippen LogP contribution in [0.5, 0.6) is 5.75 Å². The van der Waals surface area contributed by atoms with E-state index in [1.165, 1.54) is 40.7 Å². The van der Waals surface area contributed by atoms with Crippen LogP contribution in [0.3, 0.4) is 0 Å². The summed E-state index contributed by atoms with van der Waals surface area (Å²) >= 11 is 6.00. The largest absolute Gasteiger partial charge is 0.492 e. The molecule has 0 unspecified atom stereocenters. The molecule has 0 atom stereocenters. The Labute approximate surface area is 181 Å². The monoisotopic (exact) mass is 454 g/mol. The van der Waals surface area contributed by atoms with Gasteiger partial charge in [0.25, 0.3) is 0 Å². The van der Waals surface area contributed by atoms with Gasteiger partial charge in [-0.2, -0.15) is 4.31 Å². The quantitative estimate of drug-likeness (QED) is 0.679. The van der Waals surface area contributed by atoms with E-state index < -0.39 is 21.7 Å². The number of nitrogens with one attached hydrogen (secondary N) is 1. The van der Waals surface area contributed by atoms with Gasteiger partial charge < -0.3 is 10.1 Å². The molecule has 0 saturated carbocycles. The molecule has 1 amide bonds. The van der Waals surface area contributed by atoms with Gasteiger partial charge in [-0.05, 0) is 50.1 Å². The topological polar surface area (TPSA) is 75.7 Å². The summed E-state index contributed by atoms with van der Waals surface area (Å²) in [5.74, 6) is -0.775. The summed E-state index contributed by atoms with van der Waals surface area (Å²) in [6.45, 7) is 3.06. The van der Waals surface area contributed by atoms with Crippen LogP contribution < -0.4 is 10.1 Å². The Morgan fingerprint density at radius 2 is 1.93 bits per heavy atom. The predicted octanol–water partition coefficient (Wildman–Crippen LogP) is 4.23. The van der Waals surface area contributed by atoms with Gasteiger partial charge in [-0.3, -0.25) is 4.79 Å². The van der Waals surface area contributed by atoms with Gasteiger partial charge in [-0.25, -0.2) is 12.8 Å². The van der Waals surface area contributed by atoms with Crippen molar-refractivity contribution < 1.29 is 22.3 Å². The van der Waals surface area contributed by atoms with Crippen molar-refractivity contribution in [2.24, 2.45) is 0 Å². The normalized spacial score (nSPS) is 15.0. The lowest BCUT2D eigenvalue weighted by Gasteiger charge is -2.26. The highest BCUT2D eigenvalue weighted by atomic mass is 35.5. The maximum atomic E-state index is 14.0. The third-order valence-corrected chi connectivity index (χ3v) is 7.13. The zero-order chi connectivity index (χ0) is 21.7. The molecule has 1 fully saturated rings. The van der Waals surface area contributed by atoms with Crippen LogP contribution in [0.1, 0.15) is 31.7 Å². The SMILES string of the molecule is CCOc1ccc(S(=O)(=O)N2CCCCC2)cc1NC(=O)Cc1c(F)cccc1Cl. The van der Waals surface area contributed by atoms with E-state index in [0.717, 1.165) is 19.3 Å². The maximum Gasteiger partial charge on any atom is 0.243 e. The van der Waals surface area contributed by atoms with Gasteiger partial charge in [0.1, 0.15) is 11.6 Å². The maximum absolute atomic E-state index is 14.0. The molecule has 162 valence electrons. The van der Waals surface area contributed by atoms with Crippen LogP contribution in [0, 0.1) is 5.82 Å². The molecule has 0 aromatic heterocycles. The van der Waals surface area contributed by atoms with Crippen molar-refractivity contribution in [3.63, 3.8) is 0 Å². The average molecular weight is 455 g/mol. The molecule has 2 aromatic carbocycles. The van der Waals surface area contributed by atoms with E-state index in [9.17, 15) is 17.6 Å². The first-order chi connectivity index (χ1) is 14.3. The first-order valence-corrected chi connectivity index (χ1v) is 11.6. The molecule has 6 nitrogen and oxygen atoms in total. The van der Waals surface area contributed by atoms with Crippen molar-refractivity contribution in [3.05, 3.63) is 52.8 Å². The number of benzene rings is 2. The number of halogens is 2. The lowest BCUT2D eigenvalue weighted by atomic mass is 10.1. The highest BCUT2D eigenvalue weighted by Gasteiger charge is 2.27. The highest BCUT2D eigenvalue weighted by Crippen LogP contribution is 2.31. The Balaban J connectivity index is 1.87. The van der Waals surface area contributed by atoms with Gasteiger partial charge >= 0.3 is 0 Å². The Kier molecular flexibility index (Phi) is 7.33. The number of piperidine rings is 1. The van der Waals surface area contributed by atoms with Crippen molar-refractivity contribution >= 4 is 33.2 Å². The zero-order valence-corrected chi connectivity index (χ0v) is 18.2. The molecule has 2 aromatic rings. The van der Waals surface area contributed by atoms with Crippen LogP contribution in [-0.4, -0.2) is 38.3 Å². The fourth-order valence-electron chi connectivity index (χ4n) is 3.36. The van der Waals surface area contributed by atoms with Crippen LogP contribution in [0.4, 0.5) is 10.1 Å². The molecule has 3 rings (SSSR count). The Hall–Kier alpha value is -2.16. The Bertz CT molecular complexity index is 1000. The number of sulfonamides is 1. The third kappa shape index (κ3) is 5.11. The van der Waals surface area contributed by atoms with Gasteiger partial charge in [-0.15, -0.1) is 0 Å². The van der Waals surface area contributed by atoms with Crippen LogP contribution in [-0.2, 0) is 21.2 Å². The van der Waals surface area contributed by atoms with E-state index in [-0.39, 0.29) is 27.6 Å². The number of ether oxygens (including phenoxy) is 1. The first-order valence-electron chi connectivity index (χ1n) is 9.82. The molecule has 1 heterocycles. The molecular formula is C21H24ClFN2O4S.